The Morgan fingerprint density at radius 1 is 0.917 bits per heavy atom. The Kier molecular flexibility index (Phi) is 4.18. The molecule has 0 bridgehead atoms. The average Bonchev–Trinajstić information content (AvgIpc) is 3.05. The van der Waals surface area contributed by atoms with Crippen LogP contribution < -0.4 is 0 Å². The van der Waals surface area contributed by atoms with Gasteiger partial charge < -0.3 is 0 Å². The van der Waals surface area contributed by atoms with E-state index in [0.717, 1.165) is 11.1 Å². The van der Waals surface area contributed by atoms with Crippen LogP contribution in [0.5, 0.6) is 0 Å². The van der Waals surface area contributed by atoms with Gasteiger partial charge in [0.05, 0.1) is 0 Å². The Bertz CT molecular complexity index is 758. The van der Waals surface area contributed by atoms with Crippen molar-refractivity contribution < 1.29 is 4.39 Å². The molecule has 0 aliphatic heterocycles. The van der Waals surface area contributed by atoms with Gasteiger partial charge in [-0.2, -0.15) is 5.10 Å². The molecule has 5 heteroatoms. The molecule has 0 aliphatic carbocycles. The van der Waals surface area contributed by atoms with E-state index in [1.807, 2.05) is 28.9 Å². The first-order valence-corrected chi connectivity index (χ1v) is 8.11. The van der Waals surface area contributed by atoms with Crippen molar-refractivity contribution in [2.75, 3.05) is 0 Å². The Labute approximate surface area is 146 Å². The van der Waals surface area contributed by atoms with Crippen LogP contribution in [0.1, 0.15) is 31.9 Å². The molecule has 2 aromatic carbocycles. The van der Waals surface area contributed by atoms with Gasteiger partial charge in [-0.25, -0.2) is 14.1 Å². The lowest BCUT2D eigenvalue weighted by atomic mass is 9.65. The highest BCUT2D eigenvalue weighted by atomic mass is 35.5. The molecule has 0 saturated heterocycles. The maximum absolute atomic E-state index is 13.5. The van der Waals surface area contributed by atoms with Gasteiger partial charge in [0.1, 0.15) is 24.0 Å². The van der Waals surface area contributed by atoms with Gasteiger partial charge >= 0.3 is 0 Å². The lowest BCUT2D eigenvalue weighted by molar-refractivity contribution is 0.171. The molecule has 1 aromatic heterocycles. The molecule has 0 aliphatic rings. The summed E-state index contributed by atoms with van der Waals surface area (Å²) in [6.07, 6.45) is 3.21. The van der Waals surface area contributed by atoms with Gasteiger partial charge in [-0.3, -0.25) is 0 Å². The molecule has 124 valence electrons. The van der Waals surface area contributed by atoms with Crippen molar-refractivity contribution in [1.82, 2.24) is 14.8 Å². The van der Waals surface area contributed by atoms with E-state index in [9.17, 15) is 4.39 Å². The summed E-state index contributed by atoms with van der Waals surface area (Å²) in [6, 6.07) is 14.2. The number of benzene rings is 2. The number of hydrogen-bond acceptors (Lipinski definition) is 2. The van der Waals surface area contributed by atoms with Crippen molar-refractivity contribution in [2.45, 2.75) is 26.3 Å². The first kappa shape index (κ1) is 16.7. The second-order valence-corrected chi connectivity index (χ2v) is 7.25. The summed E-state index contributed by atoms with van der Waals surface area (Å²) in [6.45, 7) is 6.39. The predicted molar refractivity (Wildman–Crippen MR) is 93.5 cm³/mol. The van der Waals surface area contributed by atoms with Crippen molar-refractivity contribution in [3.8, 4) is 0 Å². The van der Waals surface area contributed by atoms with Gasteiger partial charge in [0, 0.05) is 5.02 Å². The van der Waals surface area contributed by atoms with Gasteiger partial charge in [-0.15, -0.1) is 0 Å². The van der Waals surface area contributed by atoms with Gasteiger partial charge in [0.15, 0.2) is 0 Å². The fraction of sp³-hybridized carbons (Fsp3) is 0.263. The molecule has 0 fully saturated rings. The quantitative estimate of drug-likeness (QED) is 0.676. The van der Waals surface area contributed by atoms with E-state index in [1.54, 1.807) is 18.5 Å². The lowest BCUT2D eigenvalue weighted by Crippen LogP contribution is -2.48. The first-order valence-electron chi connectivity index (χ1n) is 7.73. The minimum atomic E-state index is -0.651. The van der Waals surface area contributed by atoms with Crippen LogP contribution in [-0.2, 0) is 5.54 Å². The molecule has 1 heterocycles. The van der Waals surface area contributed by atoms with Gasteiger partial charge in [-0.1, -0.05) is 56.6 Å². The molecule has 24 heavy (non-hydrogen) atoms. The first-order chi connectivity index (χ1) is 11.4. The van der Waals surface area contributed by atoms with E-state index >= 15 is 0 Å². The van der Waals surface area contributed by atoms with Crippen LogP contribution in [-0.4, -0.2) is 14.8 Å². The van der Waals surface area contributed by atoms with Crippen molar-refractivity contribution >= 4 is 11.6 Å². The molecular formula is C19H19ClFN3. The summed E-state index contributed by atoms with van der Waals surface area (Å²) in [5, 5.41) is 5.10. The standard InChI is InChI=1S/C19H19ClFN3/c1-18(2,3)19(24-13-22-12-23-24,14-4-8-16(20)9-5-14)15-6-10-17(21)11-7-15/h4-13H,1-3H3. The molecule has 0 amide bonds. The highest BCUT2D eigenvalue weighted by Crippen LogP contribution is 2.47. The molecule has 3 nitrogen and oxygen atoms in total. The van der Waals surface area contributed by atoms with Crippen molar-refractivity contribution in [1.29, 1.82) is 0 Å². The second-order valence-electron chi connectivity index (χ2n) is 6.81. The molecule has 3 aromatic rings. The normalized spacial score (nSPS) is 14.4. The number of halogens is 2. The van der Waals surface area contributed by atoms with Crippen LogP contribution in [0, 0.1) is 11.2 Å². The Hall–Kier alpha value is -2.20. The second kappa shape index (κ2) is 6.02. The predicted octanol–water partition coefficient (Wildman–Crippen LogP) is 4.91. The smallest absolute Gasteiger partial charge is 0.137 e. The van der Waals surface area contributed by atoms with Crippen LogP contribution in [0.15, 0.2) is 61.2 Å². The van der Waals surface area contributed by atoms with Crippen LogP contribution in [0.2, 0.25) is 5.02 Å². The summed E-state index contributed by atoms with van der Waals surface area (Å²) in [7, 11) is 0. The summed E-state index contributed by atoms with van der Waals surface area (Å²) in [5.74, 6) is -0.267. The highest BCUT2D eigenvalue weighted by Gasteiger charge is 2.47. The third kappa shape index (κ3) is 2.61. The fourth-order valence-corrected chi connectivity index (χ4v) is 3.53. The molecule has 3 rings (SSSR count). The van der Waals surface area contributed by atoms with E-state index in [4.69, 9.17) is 11.6 Å². The van der Waals surface area contributed by atoms with Crippen LogP contribution in [0.25, 0.3) is 0 Å². The van der Waals surface area contributed by atoms with Crippen LogP contribution >= 0.6 is 11.6 Å². The average molecular weight is 344 g/mol. The number of nitrogens with zero attached hydrogens (tertiary/aromatic N) is 3. The summed E-state index contributed by atoms with van der Waals surface area (Å²) < 4.78 is 15.4. The van der Waals surface area contributed by atoms with E-state index in [1.165, 1.54) is 18.5 Å². The minimum Gasteiger partial charge on any atom is -0.237 e. The number of rotatable bonds is 3. The van der Waals surface area contributed by atoms with Crippen molar-refractivity contribution in [3.63, 3.8) is 0 Å². The van der Waals surface area contributed by atoms with Gasteiger partial charge in [0.25, 0.3) is 0 Å². The van der Waals surface area contributed by atoms with Gasteiger partial charge in [-0.05, 0) is 40.8 Å². The largest absolute Gasteiger partial charge is 0.237 e. The number of aromatic nitrogens is 3. The maximum atomic E-state index is 13.5. The summed E-state index contributed by atoms with van der Waals surface area (Å²) in [4.78, 5) is 4.14. The topological polar surface area (TPSA) is 30.7 Å². The Morgan fingerprint density at radius 3 is 1.92 bits per heavy atom. The zero-order valence-electron chi connectivity index (χ0n) is 13.9. The minimum absolute atomic E-state index is 0.267. The molecule has 0 saturated carbocycles. The Morgan fingerprint density at radius 2 is 1.46 bits per heavy atom. The monoisotopic (exact) mass is 343 g/mol. The number of hydrogen-bond donors (Lipinski definition) is 0. The van der Waals surface area contributed by atoms with E-state index in [-0.39, 0.29) is 11.2 Å². The summed E-state index contributed by atoms with van der Waals surface area (Å²) in [5.41, 5.74) is 1.02. The van der Waals surface area contributed by atoms with Crippen molar-refractivity contribution in [2.24, 2.45) is 5.41 Å². The molecule has 1 atom stereocenters. The molecule has 1 unspecified atom stereocenters. The lowest BCUT2D eigenvalue weighted by Gasteiger charge is -2.45. The molecular weight excluding hydrogens is 325 g/mol. The molecule has 0 radical (unpaired) electrons. The van der Waals surface area contributed by atoms with Crippen molar-refractivity contribution in [3.05, 3.63) is 83.2 Å². The zero-order chi connectivity index (χ0) is 17.4. The Balaban J connectivity index is 2.37. The van der Waals surface area contributed by atoms with E-state index in [2.05, 4.69) is 30.9 Å². The third-order valence-electron chi connectivity index (χ3n) is 4.37. The van der Waals surface area contributed by atoms with E-state index in [0.29, 0.717) is 5.02 Å². The third-order valence-corrected chi connectivity index (χ3v) is 4.62. The fourth-order valence-electron chi connectivity index (χ4n) is 3.40. The molecule has 0 spiro atoms. The van der Waals surface area contributed by atoms with Crippen LogP contribution in [0.4, 0.5) is 4.39 Å². The zero-order valence-corrected chi connectivity index (χ0v) is 14.6. The highest BCUT2D eigenvalue weighted by molar-refractivity contribution is 6.30. The summed E-state index contributed by atoms with van der Waals surface area (Å²) >= 11 is 6.08. The van der Waals surface area contributed by atoms with Crippen LogP contribution in [0.3, 0.4) is 0 Å². The SMILES string of the molecule is CC(C)(C)C(c1ccc(F)cc1)(c1ccc(Cl)cc1)n1cncn1. The van der Waals surface area contributed by atoms with E-state index < -0.39 is 5.54 Å². The molecule has 0 N–H and O–H groups in total. The van der Waals surface area contributed by atoms with Gasteiger partial charge in [0.2, 0.25) is 0 Å². The maximum Gasteiger partial charge on any atom is 0.137 e.